The average molecular weight is 366 g/mol. The number of benzene rings is 1. The molecular formula is C13H18Br2O2. The first-order chi connectivity index (χ1) is 7.99. The monoisotopic (exact) mass is 364 g/mol. The Kier molecular flexibility index (Phi) is 5.80. The Hall–Kier alpha value is -0.220. The molecule has 0 amide bonds. The van der Waals surface area contributed by atoms with Gasteiger partial charge in [-0.25, -0.2) is 0 Å². The largest absolute Gasteiger partial charge is 0.504 e. The van der Waals surface area contributed by atoms with E-state index in [-0.39, 0.29) is 11.5 Å². The lowest BCUT2D eigenvalue weighted by Gasteiger charge is -2.22. The van der Waals surface area contributed by atoms with E-state index < -0.39 is 3.23 Å². The van der Waals surface area contributed by atoms with Crippen LogP contribution >= 0.6 is 31.9 Å². The molecule has 0 radical (unpaired) electrons. The standard InChI is InChI=1S/C13H18Br2O2/c1-2-3-4-5-9-13(14,15)10-7-6-8-11(16)12(10)17/h6-8,16-17H,2-5,9H2,1H3. The van der Waals surface area contributed by atoms with Crippen molar-refractivity contribution in [2.24, 2.45) is 0 Å². The zero-order valence-corrected chi connectivity index (χ0v) is 13.1. The average Bonchev–Trinajstić information content (AvgIpc) is 2.28. The molecule has 0 saturated heterocycles. The number of hydrogen-bond donors (Lipinski definition) is 2. The van der Waals surface area contributed by atoms with Crippen LogP contribution in [0.4, 0.5) is 0 Å². The fraction of sp³-hybridized carbons (Fsp3) is 0.538. The first-order valence-electron chi connectivity index (χ1n) is 5.88. The van der Waals surface area contributed by atoms with Gasteiger partial charge in [-0.3, -0.25) is 0 Å². The van der Waals surface area contributed by atoms with E-state index in [1.54, 1.807) is 12.1 Å². The highest BCUT2D eigenvalue weighted by Crippen LogP contribution is 2.48. The molecule has 0 aliphatic heterocycles. The number of para-hydroxylation sites is 1. The van der Waals surface area contributed by atoms with Gasteiger partial charge < -0.3 is 10.2 Å². The third-order valence-electron chi connectivity index (χ3n) is 2.75. The van der Waals surface area contributed by atoms with Gasteiger partial charge in [0, 0.05) is 5.56 Å². The van der Waals surface area contributed by atoms with E-state index >= 15 is 0 Å². The first-order valence-corrected chi connectivity index (χ1v) is 7.47. The van der Waals surface area contributed by atoms with Crippen LogP contribution < -0.4 is 0 Å². The van der Waals surface area contributed by atoms with Gasteiger partial charge in [0.05, 0.1) is 0 Å². The normalized spacial score (nSPS) is 11.7. The molecule has 17 heavy (non-hydrogen) atoms. The lowest BCUT2D eigenvalue weighted by Crippen LogP contribution is -2.09. The Morgan fingerprint density at radius 2 is 1.82 bits per heavy atom. The summed E-state index contributed by atoms with van der Waals surface area (Å²) in [5.41, 5.74) is 0.675. The molecule has 2 nitrogen and oxygen atoms in total. The highest BCUT2D eigenvalue weighted by atomic mass is 79.9. The SMILES string of the molecule is CCCCCCC(Br)(Br)c1cccc(O)c1O. The third kappa shape index (κ3) is 4.18. The van der Waals surface area contributed by atoms with Gasteiger partial charge in [0.1, 0.15) is 3.23 Å². The van der Waals surface area contributed by atoms with Crippen molar-refractivity contribution in [3.63, 3.8) is 0 Å². The number of unbranched alkanes of at least 4 members (excludes halogenated alkanes) is 3. The Balaban J connectivity index is 2.71. The molecule has 2 N–H and O–H groups in total. The van der Waals surface area contributed by atoms with Crippen molar-refractivity contribution in [2.45, 2.75) is 42.3 Å². The van der Waals surface area contributed by atoms with Gasteiger partial charge in [-0.05, 0) is 12.5 Å². The van der Waals surface area contributed by atoms with Crippen molar-refractivity contribution < 1.29 is 10.2 Å². The Morgan fingerprint density at radius 3 is 2.47 bits per heavy atom. The van der Waals surface area contributed by atoms with E-state index in [0.717, 1.165) is 12.8 Å². The molecule has 0 aliphatic carbocycles. The predicted octanol–water partition coefficient (Wildman–Crippen LogP) is 5.01. The van der Waals surface area contributed by atoms with Crippen molar-refractivity contribution in [3.05, 3.63) is 23.8 Å². The van der Waals surface area contributed by atoms with Crippen molar-refractivity contribution in [2.75, 3.05) is 0 Å². The van der Waals surface area contributed by atoms with Gasteiger partial charge in [0.2, 0.25) is 0 Å². The molecule has 0 spiro atoms. The van der Waals surface area contributed by atoms with Gasteiger partial charge in [0.15, 0.2) is 11.5 Å². The molecule has 0 saturated carbocycles. The second-order valence-corrected chi connectivity index (χ2v) is 7.96. The van der Waals surface area contributed by atoms with Crippen LogP contribution in [0.5, 0.6) is 11.5 Å². The van der Waals surface area contributed by atoms with Crippen molar-refractivity contribution in [3.8, 4) is 11.5 Å². The zero-order chi connectivity index (χ0) is 12.9. The number of phenolic OH excluding ortho intramolecular Hbond substituents is 2. The van der Waals surface area contributed by atoms with Crippen LogP contribution in [0.1, 0.15) is 44.6 Å². The van der Waals surface area contributed by atoms with Gasteiger partial charge in [-0.15, -0.1) is 0 Å². The fourth-order valence-electron chi connectivity index (χ4n) is 1.73. The van der Waals surface area contributed by atoms with Crippen LogP contribution in [0.2, 0.25) is 0 Å². The fourth-order valence-corrected chi connectivity index (χ4v) is 2.94. The van der Waals surface area contributed by atoms with E-state index in [1.807, 2.05) is 0 Å². The second kappa shape index (κ2) is 6.64. The molecule has 0 bridgehead atoms. The number of hydrogen-bond acceptors (Lipinski definition) is 2. The van der Waals surface area contributed by atoms with Gasteiger partial charge >= 0.3 is 0 Å². The molecule has 0 aromatic heterocycles. The van der Waals surface area contributed by atoms with Gasteiger partial charge in [-0.1, -0.05) is 76.6 Å². The quantitative estimate of drug-likeness (QED) is 0.422. The molecule has 4 heteroatoms. The maximum Gasteiger partial charge on any atom is 0.162 e. The van der Waals surface area contributed by atoms with E-state index in [0.29, 0.717) is 5.56 Å². The van der Waals surface area contributed by atoms with Crippen molar-refractivity contribution in [1.82, 2.24) is 0 Å². The summed E-state index contributed by atoms with van der Waals surface area (Å²) in [5, 5.41) is 19.3. The molecule has 0 unspecified atom stereocenters. The summed E-state index contributed by atoms with van der Waals surface area (Å²) in [7, 11) is 0. The molecule has 0 atom stereocenters. The van der Waals surface area contributed by atoms with Crippen molar-refractivity contribution in [1.29, 1.82) is 0 Å². The number of aromatic hydroxyl groups is 2. The number of alkyl halides is 2. The van der Waals surface area contributed by atoms with E-state index in [9.17, 15) is 10.2 Å². The second-order valence-electron chi connectivity index (χ2n) is 4.19. The minimum Gasteiger partial charge on any atom is -0.504 e. The van der Waals surface area contributed by atoms with E-state index in [4.69, 9.17) is 0 Å². The zero-order valence-electron chi connectivity index (χ0n) is 9.92. The number of halogens is 2. The van der Waals surface area contributed by atoms with Gasteiger partial charge in [-0.2, -0.15) is 0 Å². The van der Waals surface area contributed by atoms with Crippen LogP contribution in [-0.2, 0) is 3.23 Å². The molecule has 1 rings (SSSR count). The van der Waals surface area contributed by atoms with E-state index in [1.165, 1.54) is 25.3 Å². The molecule has 0 fully saturated rings. The number of phenols is 2. The minimum atomic E-state index is -0.462. The topological polar surface area (TPSA) is 40.5 Å². The first kappa shape index (κ1) is 14.8. The summed E-state index contributed by atoms with van der Waals surface area (Å²) in [4.78, 5) is 0. The lowest BCUT2D eigenvalue weighted by molar-refractivity contribution is 0.397. The predicted molar refractivity (Wildman–Crippen MR) is 78.1 cm³/mol. The van der Waals surface area contributed by atoms with Crippen LogP contribution in [0.15, 0.2) is 18.2 Å². The molecular weight excluding hydrogens is 348 g/mol. The summed E-state index contributed by atoms with van der Waals surface area (Å²) in [6.45, 7) is 2.18. The van der Waals surface area contributed by atoms with Crippen LogP contribution in [-0.4, -0.2) is 10.2 Å². The smallest absolute Gasteiger partial charge is 0.162 e. The Morgan fingerprint density at radius 1 is 1.12 bits per heavy atom. The summed E-state index contributed by atoms with van der Waals surface area (Å²) in [6.07, 6.45) is 5.54. The molecule has 96 valence electrons. The summed E-state index contributed by atoms with van der Waals surface area (Å²) in [5.74, 6) is -0.143. The van der Waals surface area contributed by atoms with Crippen LogP contribution in [0, 0.1) is 0 Å². The number of rotatable bonds is 6. The Bertz CT molecular complexity index is 364. The molecule has 0 aliphatic rings. The summed E-state index contributed by atoms with van der Waals surface area (Å²) < 4.78 is -0.462. The van der Waals surface area contributed by atoms with Crippen molar-refractivity contribution >= 4 is 31.9 Å². The maximum absolute atomic E-state index is 9.83. The summed E-state index contributed by atoms with van der Waals surface area (Å²) in [6, 6.07) is 5.01. The highest BCUT2D eigenvalue weighted by molar-refractivity contribution is 9.24. The maximum atomic E-state index is 9.83. The van der Waals surface area contributed by atoms with E-state index in [2.05, 4.69) is 38.8 Å². The minimum absolute atomic E-state index is 0.0586. The Labute approximate surface area is 119 Å². The lowest BCUT2D eigenvalue weighted by atomic mass is 10.0. The molecule has 1 aromatic carbocycles. The molecule has 0 heterocycles. The third-order valence-corrected chi connectivity index (χ3v) is 4.40. The van der Waals surface area contributed by atoms with Gasteiger partial charge in [0.25, 0.3) is 0 Å². The highest BCUT2D eigenvalue weighted by Gasteiger charge is 2.28. The van der Waals surface area contributed by atoms with Crippen LogP contribution in [0.25, 0.3) is 0 Å². The summed E-state index contributed by atoms with van der Waals surface area (Å²) >= 11 is 7.15. The van der Waals surface area contributed by atoms with Crippen LogP contribution in [0.3, 0.4) is 0 Å². The molecule has 1 aromatic rings.